The minimum Gasteiger partial charge on any atom is -0.464 e. The van der Waals surface area contributed by atoms with Crippen LogP contribution >= 0.6 is 22.6 Å². The molecule has 0 fully saturated rings. The zero-order valence-corrected chi connectivity index (χ0v) is 9.49. The maximum Gasteiger partial charge on any atom is 0.140 e. The fourth-order valence-corrected chi connectivity index (χ4v) is 2.84. The molecule has 0 spiro atoms. The molecule has 2 aromatic rings. The number of hydrogen-bond donors (Lipinski definition) is 1. The van der Waals surface area contributed by atoms with Gasteiger partial charge in [0.05, 0.1) is 6.26 Å². The van der Waals surface area contributed by atoms with Crippen molar-refractivity contribution in [1.82, 2.24) is 0 Å². The summed E-state index contributed by atoms with van der Waals surface area (Å²) in [6.45, 7) is 0. The lowest BCUT2D eigenvalue weighted by Gasteiger charge is -2.16. The summed E-state index contributed by atoms with van der Waals surface area (Å²) in [5, 5.41) is 0. The molecule has 1 aromatic carbocycles. The Balaban J connectivity index is 2.42. The van der Waals surface area contributed by atoms with Gasteiger partial charge in [-0.15, -0.1) is 0 Å². The molecule has 0 saturated heterocycles. The zero-order chi connectivity index (χ0) is 9.76. The number of hydrogen-bond acceptors (Lipinski definition) is 2. The van der Waals surface area contributed by atoms with E-state index in [1.807, 2.05) is 24.3 Å². The monoisotopic (exact) mass is 297 g/mol. The Morgan fingerprint density at radius 2 is 1.93 bits per heavy atom. The molecule has 0 bridgehead atoms. The smallest absolute Gasteiger partial charge is 0.140 e. The highest BCUT2D eigenvalue weighted by Crippen LogP contribution is 2.49. The molecule has 0 radical (unpaired) electrons. The second-order valence-corrected chi connectivity index (χ2v) is 5.12. The minimum atomic E-state index is -0.434. The van der Waals surface area contributed by atoms with Crippen LogP contribution in [0, 0.1) is 0 Å². The molecule has 1 atom stereocenters. The molecule has 70 valence electrons. The van der Waals surface area contributed by atoms with Gasteiger partial charge in [0, 0.05) is 11.1 Å². The van der Waals surface area contributed by atoms with Crippen LogP contribution in [0.3, 0.4) is 0 Å². The Labute approximate surface area is 95.2 Å². The van der Waals surface area contributed by atoms with Gasteiger partial charge in [0.25, 0.3) is 0 Å². The first-order valence-corrected chi connectivity index (χ1v) is 5.45. The topological polar surface area (TPSA) is 39.2 Å². The standard InChI is InChI=1S/C11H8INO/c12-11(13)8-4-2-1-3-7(8)10-9(11)5-6-14-10/h1-6H,13H2. The van der Waals surface area contributed by atoms with Crippen LogP contribution in [0.4, 0.5) is 0 Å². The largest absolute Gasteiger partial charge is 0.464 e. The Morgan fingerprint density at radius 3 is 2.79 bits per heavy atom. The van der Waals surface area contributed by atoms with Crippen molar-refractivity contribution in [1.29, 1.82) is 0 Å². The number of furan rings is 1. The number of benzene rings is 1. The van der Waals surface area contributed by atoms with Crippen molar-refractivity contribution in [3.63, 3.8) is 0 Å². The second kappa shape index (κ2) is 2.61. The third-order valence-electron chi connectivity index (χ3n) is 2.62. The van der Waals surface area contributed by atoms with Crippen LogP contribution in [0.1, 0.15) is 11.1 Å². The molecular weight excluding hydrogens is 289 g/mol. The summed E-state index contributed by atoms with van der Waals surface area (Å²) in [5.41, 5.74) is 9.59. The van der Waals surface area contributed by atoms with Gasteiger partial charge in [0.15, 0.2) is 0 Å². The van der Waals surface area contributed by atoms with E-state index in [1.165, 1.54) is 0 Å². The molecule has 0 amide bonds. The summed E-state index contributed by atoms with van der Waals surface area (Å²) < 4.78 is 5.02. The van der Waals surface area contributed by atoms with E-state index in [4.69, 9.17) is 10.2 Å². The van der Waals surface area contributed by atoms with Gasteiger partial charge >= 0.3 is 0 Å². The SMILES string of the molecule is NC1(I)c2ccccc2-c2occc21. The van der Waals surface area contributed by atoms with Crippen LogP contribution in [0.5, 0.6) is 0 Å². The van der Waals surface area contributed by atoms with E-state index in [0.29, 0.717) is 0 Å². The van der Waals surface area contributed by atoms with Crippen molar-refractivity contribution in [2.45, 2.75) is 3.55 Å². The van der Waals surface area contributed by atoms with Crippen molar-refractivity contribution in [3.8, 4) is 11.3 Å². The summed E-state index contributed by atoms with van der Waals surface area (Å²) in [4.78, 5) is 0. The number of rotatable bonds is 0. The van der Waals surface area contributed by atoms with E-state index in [9.17, 15) is 0 Å². The van der Waals surface area contributed by atoms with Crippen LogP contribution in [0.2, 0.25) is 0 Å². The maximum atomic E-state index is 6.27. The number of nitrogens with two attached hydrogens (primary N) is 1. The van der Waals surface area contributed by atoms with Crippen molar-refractivity contribution < 1.29 is 4.42 Å². The molecule has 2 N–H and O–H groups in total. The van der Waals surface area contributed by atoms with Crippen molar-refractivity contribution in [2.75, 3.05) is 0 Å². The molecule has 1 unspecified atom stereocenters. The Bertz CT molecular complexity index is 501. The van der Waals surface area contributed by atoms with Gasteiger partial charge in [0.2, 0.25) is 0 Å². The third kappa shape index (κ3) is 0.887. The van der Waals surface area contributed by atoms with Crippen LogP contribution in [-0.4, -0.2) is 0 Å². The molecule has 1 aromatic heterocycles. The lowest BCUT2D eigenvalue weighted by molar-refractivity contribution is 0.582. The second-order valence-electron chi connectivity index (χ2n) is 3.42. The van der Waals surface area contributed by atoms with Gasteiger partial charge in [-0.1, -0.05) is 46.9 Å². The number of halogens is 1. The van der Waals surface area contributed by atoms with Gasteiger partial charge in [-0.05, 0) is 11.6 Å². The highest BCUT2D eigenvalue weighted by molar-refractivity contribution is 14.1. The highest BCUT2D eigenvalue weighted by Gasteiger charge is 2.39. The number of alkyl halides is 1. The lowest BCUT2D eigenvalue weighted by Crippen LogP contribution is -2.27. The quantitative estimate of drug-likeness (QED) is 0.461. The zero-order valence-electron chi connectivity index (χ0n) is 7.33. The number of fused-ring (bicyclic) bond motifs is 3. The molecule has 14 heavy (non-hydrogen) atoms. The van der Waals surface area contributed by atoms with E-state index in [2.05, 4.69) is 28.7 Å². The van der Waals surface area contributed by atoms with E-state index in [-0.39, 0.29) is 0 Å². The maximum absolute atomic E-state index is 6.27. The summed E-state index contributed by atoms with van der Waals surface area (Å²) >= 11 is 2.26. The molecule has 1 aliphatic rings. The van der Waals surface area contributed by atoms with E-state index in [1.54, 1.807) is 6.26 Å². The van der Waals surface area contributed by atoms with Gasteiger partial charge in [-0.3, -0.25) is 0 Å². The molecule has 1 aliphatic carbocycles. The lowest BCUT2D eigenvalue weighted by atomic mass is 10.1. The van der Waals surface area contributed by atoms with Crippen LogP contribution in [0.25, 0.3) is 11.3 Å². The van der Waals surface area contributed by atoms with Crippen molar-refractivity contribution in [3.05, 3.63) is 47.7 Å². The molecule has 1 heterocycles. The normalized spacial score (nSPS) is 23.3. The summed E-state index contributed by atoms with van der Waals surface area (Å²) in [5.74, 6) is 0.914. The van der Waals surface area contributed by atoms with Gasteiger partial charge in [-0.25, -0.2) is 0 Å². The van der Waals surface area contributed by atoms with E-state index in [0.717, 1.165) is 22.5 Å². The van der Waals surface area contributed by atoms with Crippen molar-refractivity contribution >= 4 is 22.6 Å². The van der Waals surface area contributed by atoms with Crippen LogP contribution < -0.4 is 5.73 Å². The fourth-order valence-electron chi connectivity index (χ4n) is 1.95. The van der Waals surface area contributed by atoms with Crippen molar-refractivity contribution in [2.24, 2.45) is 5.73 Å². The molecule has 0 saturated carbocycles. The van der Waals surface area contributed by atoms with Gasteiger partial charge in [-0.2, -0.15) is 0 Å². The minimum absolute atomic E-state index is 0.434. The van der Waals surface area contributed by atoms with Gasteiger partial charge in [0.1, 0.15) is 9.31 Å². The molecule has 3 rings (SSSR count). The van der Waals surface area contributed by atoms with Gasteiger partial charge < -0.3 is 10.2 Å². The molecule has 2 nitrogen and oxygen atoms in total. The highest BCUT2D eigenvalue weighted by atomic mass is 127. The summed E-state index contributed by atoms with van der Waals surface area (Å²) in [6, 6.07) is 10.1. The predicted octanol–water partition coefficient (Wildman–Crippen LogP) is 2.85. The first-order chi connectivity index (χ1) is 6.71. The summed E-state index contributed by atoms with van der Waals surface area (Å²) in [6.07, 6.45) is 1.70. The Kier molecular flexibility index (Phi) is 1.58. The third-order valence-corrected chi connectivity index (χ3v) is 3.78. The van der Waals surface area contributed by atoms with E-state index < -0.39 is 3.55 Å². The first-order valence-electron chi connectivity index (χ1n) is 4.37. The summed E-state index contributed by atoms with van der Waals surface area (Å²) in [7, 11) is 0. The average Bonchev–Trinajstić information content (AvgIpc) is 2.72. The molecule has 0 aliphatic heterocycles. The van der Waals surface area contributed by atoms with E-state index >= 15 is 0 Å². The van der Waals surface area contributed by atoms with Crippen LogP contribution in [0.15, 0.2) is 41.0 Å². The molecule has 3 heteroatoms. The fraction of sp³-hybridized carbons (Fsp3) is 0.0909. The first kappa shape index (κ1) is 8.49. The predicted molar refractivity (Wildman–Crippen MR) is 63.1 cm³/mol. The Hall–Kier alpha value is -0.810. The van der Waals surface area contributed by atoms with Crippen LogP contribution in [-0.2, 0) is 3.55 Å². The average molecular weight is 297 g/mol. The Morgan fingerprint density at radius 1 is 1.14 bits per heavy atom. The molecular formula is C11H8INO.